The van der Waals surface area contributed by atoms with Crippen LogP contribution >= 0.6 is 0 Å². The molecule has 1 rings (SSSR count). The van der Waals surface area contributed by atoms with Crippen molar-refractivity contribution >= 4 is 0 Å². The van der Waals surface area contributed by atoms with E-state index in [-0.39, 0.29) is 6.79 Å². The maximum atomic E-state index is 9.50. The predicted octanol–water partition coefficient (Wildman–Crippen LogP) is 0.744. The highest BCUT2D eigenvalue weighted by molar-refractivity contribution is 5.12. The molecular weight excluding hydrogens is 172 g/mol. The molecule has 13 heavy (non-hydrogen) atoms. The van der Waals surface area contributed by atoms with Gasteiger partial charge in [-0.3, -0.25) is 0 Å². The molecule has 0 aliphatic carbocycles. The molecule has 76 valence electrons. The minimum atomic E-state index is -0.668. The zero-order valence-electron chi connectivity index (χ0n) is 7.99. The zero-order valence-corrected chi connectivity index (χ0v) is 7.99. The Labute approximate surface area is 77.8 Å². The lowest BCUT2D eigenvalue weighted by Gasteiger charge is -2.11. The molecule has 0 aromatic rings. The van der Waals surface area contributed by atoms with Crippen LogP contribution in [0.2, 0.25) is 0 Å². The van der Waals surface area contributed by atoms with E-state index in [1.54, 1.807) is 0 Å². The third-order valence-corrected chi connectivity index (χ3v) is 2.05. The molecule has 1 heterocycles. The first-order valence-corrected chi connectivity index (χ1v) is 4.56. The van der Waals surface area contributed by atoms with Gasteiger partial charge in [-0.1, -0.05) is 13.8 Å². The number of aliphatic hydroxyl groups excluding tert-OH is 2. The third-order valence-electron chi connectivity index (χ3n) is 2.05. The molecule has 0 aromatic heterocycles. The minimum absolute atomic E-state index is 0.0960. The summed E-state index contributed by atoms with van der Waals surface area (Å²) in [4.78, 5) is 0. The molecule has 0 fully saturated rings. The average molecular weight is 188 g/mol. The highest BCUT2D eigenvalue weighted by Gasteiger charge is 2.27. The van der Waals surface area contributed by atoms with Gasteiger partial charge in [0.1, 0.15) is 12.2 Å². The lowest BCUT2D eigenvalue weighted by atomic mass is 10.1. The molecule has 0 spiro atoms. The van der Waals surface area contributed by atoms with E-state index in [0.29, 0.717) is 24.4 Å². The van der Waals surface area contributed by atoms with Gasteiger partial charge >= 0.3 is 0 Å². The largest absolute Gasteiger partial charge is 0.455 e. The first kappa shape index (κ1) is 10.3. The van der Waals surface area contributed by atoms with Gasteiger partial charge in [0.2, 0.25) is 6.79 Å². The molecule has 0 radical (unpaired) electrons. The van der Waals surface area contributed by atoms with Crippen molar-refractivity contribution in [1.29, 1.82) is 0 Å². The van der Waals surface area contributed by atoms with Gasteiger partial charge in [0.05, 0.1) is 0 Å². The van der Waals surface area contributed by atoms with Crippen LogP contribution in [0.3, 0.4) is 0 Å². The number of aliphatic hydroxyl groups is 2. The van der Waals surface area contributed by atoms with Crippen LogP contribution in [0, 0.1) is 0 Å². The Morgan fingerprint density at radius 3 is 1.77 bits per heavy atom. The van der Waals surface area contributed by atoms with Crippen LogP contribution in [0.25, 0.3) is 0 Å². The highest BCUT2D eigenvalue weighted by Crippen LogP contribution is 2.24. The Kier molecular flexibility index (Phi) is 3.57. The van der Waals surface area contributed by atoms with E-state index >= 15 is 0 Å². The van der Waals surface area contributed by atoms with Crippen LogP contribution in [-0.2, 0) is 9.47 Å². The van der Waals surface area contributed by atoms with Gasteiger partial charge in [-0.2, -0.15) is 0 Å². The van der Waals surface area contributed by atoms with Crippen LogP contribution < -0.4 is 0 Å². The molecule has 1 aliphatic rings. The fraction of sp³-hybridized carbons (Fsp3) is 0.778. The summed E-state index contributed by atoms with van der Waals surface area (Å²) in [6.07, 6.45) is -0.227. The summed E-state index contributed by atoms with van der Waals surface area (Å²) in [5.41, 5.74) is 0. The Morgan fingerprint density at radius 2 is 1.46 bits per heavy atom. The standard InChI is InChI=1S/C9H16O4/c1-3-6(10)8-9(7(11)4-2)13-5-12-8/h6-7,10-11H,3-5H2,1-2H3. The second-order valence-corrected chi connectivity index (χ2v) is 2.98. The SMILES string of the molecule is CCC(O)C1=C(C(O)CC)OCO1. The molecular formula is C9H16O4. The molecule has 0 bridgehead atoms. The van der Waals surface area contributed by atoms with Gasteiger partial charge in [0, 0.05) is 0 Å². The van der Waals surface area contributed by atoms with Gasteiger partial charge < -0.3 is 19.7 Å². The molecule has 2 unspecified atom stereocenters. The van der Waals surface area contributed by atoms with Crippen LogP contribution in [0.1, 0.15) is 26.7 Å². The molecule has 0 saturated heterocycles. The summed E-state index contributed by atoms with van der Waals surface area (Å²) in [5, 5.41) is 19.0. The smallest absolute Gasteiger partial charge is 0.230 e. The van der Waals surface area contributed by atoms with E-state index in [9.17, 15) is 10.2 Å². The molecule has 1 aliphatic heterocycles. The summed E-state index contributed by atoms with van der Waals surface area (Å²) in [5.74, 6) is 0.772. The minimum Gasteiger partial charge on any atom is -0.455 e. The monoisotopic (exact) mass is 188 g/mol. The van der Waals surface area contributed by atoms with Crippen molar-refractivity contribution in [2.24, 2.45) is 0 Å². The van der Waals surface area contributed by atoms with Crippen LogP contribution in [0.15, 0.2) is 11.5 Å². The van der Waals surface area contributed by atoms with Crippen molar-refractivity contribution in [3.8, 4) is 0 Å². The Balaban J connectivity index is 2.76. The van der Waals surface area contributed by atoms with Gasteiger partial charge in [-0.15, -0.1) is 0 Å². The molecule has 2 N–H and O–H groups in total. The molecule has 4 nitrogen and oxygen atoms in total. The number of rotatable bonds is 4. The quantitative estimate of drug-likeness (QED) is 0.683. The second kappa shape index (κ2) is 4.48. The number of hydrogen-bond acceptors (Lipinski definition) is 4. The Morgan fingerprint density at radius 1 is 1.08 bits per heavy atom. The normalized spacial score (nSPS) is 20.9. The third kappa shape index (κ3) is 2.14. The van der Waals surface area contributed by atoms with E-state index in [4.69, 9.17) is 9.47 Å². The maximum Gasteiger partial charge on any atom is 0.230 e. The Hall–Kier alpha value is -0.740. The van der Waals surface area contributed by atoms with Crippen LogP contribution in [0.4, 0.5) is 0 Å². The number of hydrogen-bond donors (Lipinski definition) is 2. The topological polar surface area (TPSA) is 58.9 Å². The fourth-order valence-electron chi connectivity index (χ4n) is 1.19. The van der Waals surface area contributed by atoms with Crippen molar-refractivity contribution < 1.29 is 19.7 Å². The van der Waals surface area contributed by atoms with Crippen molar-refractivity contribution in [2.45, 2.75) is 38.9 Å². The first-order valence-electron chi connectivity index (χ1n) is 4.56. The predicted molar refractivity (Wildman–Crippen MR) is 46.7 cm³/mol. The number of ether oxygens (including phenoxy) is 2. The van der Waals surface area contributed by atoms with E-state index in [1.165, 1.54) is 0 Å². The summed E-state index contributed by atoms with van der Waals surface area (Å²) in [7, 11) is 0. The summed E-state index contributed by atoms with van der Waals surface area (Å²) in [6, 6.07) is 0. The van der Waals surface area contributed by atoms with Gasteiger partial charge in [0.15, 0.2) is 11.5 Å². The van der Waals surface area contributed by atoms with Gasteiger partial charge in [-0.25, -0.2) is 0 Å². The molecule has 4 heteroatoms. The maximum absolute atomic E-state index is 9.50. The van der Waals surface area contributed by atoms with Crippen molar-refractivity contribution in [1.82, 2.24) is 0 Å². The molecule has 0 amide bonds. The first-order chi connectivity index (χ1) is 6.20. The van der Waals surface area contributed by atoms with E-state index in [2.05, 4.69) is 0 Å². The van der Waals surface area contributed by atoms with Crippen LogP contribution in [0.5, 0.6) is 0 Å². The highest BCUT2D eigenvalue weighted by atomic mass is 16.7. The molecule has 0 saturated carbocycles. The van der Waals surface area contributed by atoms with Crippen molar-refractivity contribution in [3.05, 3.63) is 11.5 Å². The lowest BCUT2D eigenvalue weighted by molar-refractivity contribution is 0.0321. The molecule has 0 aromatic carbocycles. The summed E-state index contributed by atoms with van der Waals surface area (Å²) in [6.45, 7) is 3.78. The van der Waals surface area contributed by atoms with E-state index in [1.807, 2.05) is 13.8 Å². The average Bonchev–Trinajstić information content (AvgIpc) is 2.63. The Bertz CT molecular complexity index is 180. The van der Waals surface area contributed by atoms with E-state index in [0.717, 1.165) is 0 Å². The lowest BCUT2D eigenvalue weighted by Crippen LogP contribution is -2.16. The van der Waals surface area contributed by atoms with Crippen molar-refractivity contribution in [3.63, 3.8) is 0 Å². The zero-order chi connectivity index (χ0) is 9.84. The van der Waals surface area contributed by atoms with Crippen molar-refractivity contribution in [2.75, 3.05) is 6.79 Å². The van der Waals surface area contributed by atoms with E-state index < -0.39 is 12.2 Å². The summed E-state index contributed by atoms with van der Waals surface area (Å²) < 4.78 is 10.2. The summed E-state index contributed by atoms with van der Waals surface area (Å²) >= 11 is 0. The fourth-order valence-corrected chi connectivity index (χ4v) is 1.19. The second-order valence-electron chi connectivity index (χ2n) is 2.98. The molecule has 2 atom stereocenters. The van der Waals surface area contributed by atoms with Gasteiger partial charge in [0.25, 0.3) is 0 Å². The van der Waals surface area contributed by atoms with Gasteiger partial charge in [-0.05, 0) is 12.8 Å². The van der Waals surface area contributed by atoms with Crippen LogP contribution in [-0.4, -0.2) is 29.2 Å².